The van der Waals surface area contributed by atoms with Crippen LogP contribution in [0.4, 0.5) is 0 Å². The summed E-state index contributed by atoms with van der Waals surface area (Å²) < 4.78 is 0. The van der Waals surface area contributed by atoms with E-state index in [1.54, 1.807) is 0 Å². The molecular formula is C24H24N2O2S. The first kappa shape index (κ1) is 19.4. The van der Waals surface area contributed by atoms with Crippen molar-refractivity contribution >= 4 is 23.2 Å². The third-order valence-electron chi connectivity index (χ3n) is 5.29. The van der Waals surface area contributed by atoms with Crippen LogP contribution in [0.2, 0.25) is 0 Å². The number of hydrogen-bond donors (Lipinski definition) is 0. The van der Waals surface area contributed by atoms with E-state index in [0.717, 1.165) is 20.9 Å². The van der Waals surface area contributed by atoms with E-state index in [1.165, 1.54) is 16.9 Å². The summed E-state index contributed by atoms with van der Waals surface area (Å²) in [6.45, 7) is 4.38. The van der Waals surface area contributed by atoms with Crippen LogP contribution in [0.15, 0.2) is 66.7 Å². The summed E-state index contributed by atoms with van der Waals surface area (Å²) in [6.07, 6.45) is 0.396. The summed E-state index contributed by atoms with van der Waals surface area (Å²) in [4.78, 5) is 30.9. The second-order valence-electron chi connectivity index (χ2n) is 7.32. The third-order valence-corrected chi connectivity index (χ3v) is 6.28. The smallest absolute Gasteiger partial charge is 0.264 e. The van der Waals surface area contributed by atoms with Crippen molar-refractivity contribution < 1.29 is 9.59 Å². The Labute approximate surface area is 175 Å². The van der Waals surface area contributed by atoms with E-state index in [2.05, 4.69) is 24.3 Å². The molecule has 0 atom stereocenters. The normalized spacial score (nSPS) is 14.1. The van der Waals surface area contributed by atoms with E-state index >= 15 is 0 Å². The van der Waals surface area contributed by atoms with Crippen molar-refractivity contribution in [3.63, 3.8) is 0 Å². The van der Waals surface area contributed by atoms with Crippen LogP contribution >= 0.6 is 11.3 Å². The number of nitrogens with zero attached hydrogens (tertiary/aromatic N) is 2. The Morgan fingerprint density at radius 1 is 0.793 bits per heavy atom. The maximum Gasteiger partial charge on any atom is 0.264 e. The Morgan fingerprint density at radius 2 is 1.41 bits per heavy atom. The van der Waals surface area contributed by atoms with Gasteiger partial charge in [-0.05, 0) is 35.7 Å². The van der Waals surface area contributed by atoms with Gasteiger partial charge in [-0.25, -0.2) is 0 Å². The van der Waals surface area contributed by atoms with Gasteiger partial charge in [-0.2, -0.15) is 0 Å². The summed E-state index contributed by atoms with van der Waals surface area (Å²) >= 11 is 1.53. The van der Waals surface area contributed by atoms with Gasteiger partial charge >= 0.3 is 0 Å². The number of rotatable bonds is 4. The number of carbonyl (C=O) groups excluding carboxylic acids is 2. The van der Waals surface area contributed by atoms with Crippen LogP contribution in [0.25, 0.3) is 11.1 Å². The molecule has 1 aliphatic rings. The molecule has 3 aromatic rings. The van der Waals surface area contributed by atoms with Crippen LogP contribution in [-0.4, -0.2) is 47.8 Å². The van der Waals surface area contributed by atoms with Crippen LogP contribution in [0.1, 0.15) is 20.1 Å². The van der Waals surface area contributed by atoms with Crippen LogP contribution < -0.4 is 0 Å². The SMILES string of the molecule is Cc1ccc(C(=O)N2CCN(C(=O)Cc3ccc(-c4ccccc4)cc3)CC2)s1. The standard InChI is InChI=1S/C24H24N2O2S/c1-18-7-12-22(29-18)24(28)26-15-13-25(14-16-26)23(27)17-19-8-10-21(11-9-19)20-5-3-2-4-6-20/h2-12H,13-17H2,1H3. The van der Waals surface area contributed by atoms with Crippen molar-refractivity contribution in [1.29, 1.82) is 0 Å². The van der Waals surface area contributed by atoms with E-state index < -0.39 is 0 Å². The largest absolute Gasteiger partial charge is 0.339 e. The summed E-state index contributed by atoms with van der Waals surface area (Å²) in [5.74, 6) is 0.197. The molecule has 1 fully saturated rings. The predicted molar refractivity (Wildman–Crippen MR) is 117 cm³/mol. The van der Waals surface area contributed by atoms with Crippen molar-refractivity contribution in [3.05, 3.63) is 82.0 Å². The molecule has 0 bridgehead atoms. The summed E-state index contributed by atoms with van der Waals surface area (Å²) in [7, 11) is 0. The van der Waals surface area contributed by atoms with Crippen molar-refractivity contribution in [1.82, 2.24) is 9.80 Å². The Balaban J connectivity index is 1.31. The number of benzene rings is 2. The van der Waals surface area contributed by atoms with Gasteiger partial charge in [0.05, 0.1) is 11.3 Å². The van der Waals surface area contributed by atoms with Crippen LogP contribution in [-0.2, 0) is 11.2 Å². The van der Waals surface area contributed by atoms with E-state index in [-0.39, 0.29) is 11.8 Å². The van der Waals surface area contributed by atoms with Gasteiger partial charge in [0.2, 0.25) is 5.91 Å². The van der Waals surface area contributed by atoms with Gasteiger partial charge < -0.3 is 9.80 Å². The molecule has 29 heavy (non-hydrogen) atoms. The van der Waals surface area contributed by atoms with Crippen LogP contribution in [0.5, 0.6) is 0 Å². The first-order valence-corrected chi connectivity index (χ1v) is 10.7. The molecule has 0 N–H and O–H groups in total. The van der Waals surface area contributed by atoms with E-state index in [9.17, 15) is 9.59 Å². The topological polar surface area (TPSA) is 40.6 Å². The Hall–Kier alpha value is -2.92. The highest BCUT2D eigenvalue weighted by atomic mass is 32.1. The lowest BCUT2D eigenvalue weighted by atomic mass is 10.0. The number of aryl methyl sites for hydroxylation is 1. The highest BCUT2D eigenvalue weighted by Crippen LogP contribution is 2.20. The van der Waals surface area contributed by atoms with Gasteiger partial charge in [0.15, 0.2) is 0 Å². The molecule has 2 heterocycles. The minimum Gasteiger partial charge on any atom is -0.339 e. The lowest BCUT2D eigenvalue weighted by Crippen LogP contribution is -2.50. The second-order valence-corrected chi connectivity index (χ2v) is 8.61. The zero-order valence-corrected chi connectivity index (χ0v) is 17.3. The fraction of sp³-hybridized carbons (Fsp3) is 0.250. The molecule has 1 aliphatic heterocycles. The Bertz CT molecular complexity index is 987. The fourth-order valence-electron chi connectivity index (χ4n) is 3.60. The second kappa shape index (κ2) is 8.62. The Kier molecular flexibility index (Phi) is 5.76. The average Bonchev–Trinajstić information content (AvgIpc) is 3.21. The van der Waals surface area contributed by atoms with Gasteiger partial charge in [0, 0.05) is 31.1 Å². The number of carbonyl (C=O) groups is 2. The molecule has 0 unspecified atom stereocenters. The molecule has 2 aromatic carbocycles. The van der Waals surface area contributed by atoms with Crippen molar-refractivity contribution in [3.8, 4) is 11.1 Å². The quantitative estimate of drug-likeness (QED) is 0.652. The molecule has 1 aromatic heterocycles. The van der Waals surface area contributed by atoms with Gasteiger partial charge in [-0.3, -0.25) is 9.59 Å². The maximum absolute atomic E-state index is 12.7. The summed E-state index contributed by atoms with van der Waals surface area (Å²) in [5.41, 5.74) is 3.34. The number of hydrogen-bond acceptors (Lipinski definition) is 3. The molecule has 5 heteroatoms. The van der Waals surface area contributed by atoms with Gasteiger partial charge in [0.1, 0.15) is 0 Å². The van der Waals surface area contributed by atoms with Gasteiger partial charge in [-0.15, -0.1) is 11.3 Å². The first-order chi connectivity index (χ1) is 14.1. The van der Waals surface area contributed by atoms with E-state index in [0.29, 0.717) is 32.6 Å². The summed E-state index contributed by atoms with van der Waals surface area (Å²) in [6, 6.07) is 22.3. The fourth-order valence-corrected chi connectivity index (χ4v) is 4.43. The maximum atomic E-state index is 12.7. The van der Waals surface area contributed by atoms with Crippen molar-refractivity contribution in [2.75, 3.05) is 26.2 Å². The number of amides is 2. The monoisotopic (exact) mass is 404 g/mol. The average molecular weight is 405 g/mol. The molecule has 0 radical (unpaired) electrons. The molecule has 0 spiro atoms. The predicted octanol–water partition coefficient (Wildman–Crippen LogP) is 4.25. The zero-order valence-electron chi connectivity index (χ0n) is 16.5. The summed E-state index contributed by atoms with van der Waals surface area (Å²) in [5, 5.41) is 0. The third kappa shape index (κ3) is 4.57. The molecular weight excluding hydrogens is 380 g/mol. The van der Waals surface area contributed by atoms with Gasteiger partial charge in [-0.1, -0.05) is 54.6 Å². The minimum absolute atomic E-state index is 0.0756. The minimum atomic E-state index is 0.0756. The molecule has 1 saturated heterocycles. The molecule has 4 nitrogen and oxygen atoms in total. The molecule has 2 amide bonds. The molecule has 0 saturated carbocycles. The van der Waals surface area contributed by atoms with E-state index in [4.69, 9.17) is 0 Å². The highest BCUT2D eigenvalue weighted by molar-refractivity contribution is 7.13. The van der Waals surface area contributed by atoms with Crippen LogP contribution in [0, 0.1) is 6.92 Å². The lowest BCUT2D eigenvalue weighted by molar-refractivity contribution is -0.131. The number of piperazine rings is 1. The number of thiophene rings is 1. The highest BCUT2D eigenvalue weighted by Gasteiger charge is 2.25. The lowest BCUT2D eigenvalue weighted by Gasteiger charge is -2.34. The molecule has 148 valence electrons. The van der Waals surface area contributed by atoms with Gasteiger partial charge in [0.25, 0.3) is 5.91 Å². The van der Waals surface area contributed by atoms with E-state index in [1.807, 2.05) is 59.2 Å². The van der Waals surface area contributed by atoms with Crippen LogP contribution in [0.3, 0.4) is 0 Å². The first-order valence-electron chi connectivity index (χ1n) is 9.88. The molecule has 4 rings (SSSR count). The van der Waals surface area contributed by atoms with Crippen molar-refractivity contribution in [2.45, 2.75) is 13.3 Å². The zero-order chi connectivity index (χ0) is 20.2. The molecule has 0 aliphatic carbocycles. The Morgan fingerprint density at radius 3 is 2.03 bits per heavy atom. The van der Waals surface area contributed by atoms with Crippen molar-refractivity contribution in [2.24, 2.45) is 0 Å².